The molecule has 116 valence electrons. The highest BCUT2D eigenvalue weighted by molar-refractivity contribution is 5.92. The van der Waals surface area contributed by atoms with Crippen molar-refractivity contribution < 1.29 is 27.9 Å². The molecule has 3 N–H and O–H groups in total. The summed E-state index contributed by atoms with van der Waals surface area (Å²) in [6.45, 7) is 1.77. The minimum atomic E-state index is -4.45. The van der Waals surface area contributed by atoms with E-state index in [1.54, 1.807) is 6.92 Å². The normalized spacial score (nSPS) is 12.6. The van der Waals surface area contributed by atoms with Crippen LogP contribution in [0, 0.1) is 0 Å². The minimum absolute atomic E-state index is 0.140. The summed E-state index contributed by atoms with van der Waals surface area (Å²) in [5.74, 6) is -1.17. The minimum Gasteiger partial charge on any atom is -0.480 e. The summed E-state index contributed by atoms with van der Waals surface area (Å²) in [4.78, 5) is 22.4. The van der Waals surface area contributed by atoms with Gasteiger partial charge in [0.05, 0.1) is 5.56 Å². The summed E-state index contributed by atoms with van der Waals surface area (Å²) in [7, 11) is 0. The molecule has 0 unspecified atom stereocenters. The van der Waals surface area contributed by atoms with E-state index in [1.165, 1.54) is 0 Å². The van der Waals surface area contributed by atoms with Crippen molar-refractivity contribution in [2.45, 2.75) is 32.0 Å². The van der Waals surface area contributed by atoms with Gasteiger partial charge in [-0.2, -0.15) is 13.2 Å². The van der Waals surface area contributed by atoms with Crippen molar-refractivity contribution in [1.82, 2.24) is 5.32 Å². The highest BCUT2D eigenvalue weighted by atomic mass is 19.4. The number of anilines is 1. The number of carboxylic acid groups (broad SMARTS) is 1. The lowest BCUT2D eigenvalue weighted by molar-refractivity contribution is -0.139. The third kappa shape index (κ3) is 5.33. The summed E-state index contributed by atoms with van der Waals surface area (Å²) in [6.07, 6.45) is -3.62. The van der Waals surface area contributed by atoms with Gasteiger partial charge in [0, 0.05) is 5.69 Å². The first-order valence-electron chi connectivity index (χ1n) is 6.21. The number of benzene rings is 1. The zero-order valence-corrected chi connectivity index (χ0v) is 11.2. The monoisotopic (exact) mass is 304 g/mol. The van der Waals surface area contributed by atoms with Crippen molar-refractivity contribution in [2.24, 2.45) is 0 Å². The molecule has 0 spiro atoms. The number of halogens is 3. The van der Waals surface area contributed by atoms with Gasteiger partial charge in [0.15, 0.2) is 0 Å². The molecule has 0 aliphatic rings. The Hall–Kier alpha value is -2.25. The zero-order valence-electron chi connectivity index (χ0n) is 11.2. The molecule has 0 bridgehead atoms. The molecular weight excluding hydrogens is 289 g/mol. The molecule has 0 aliphatic carbocycles. The fourth-order valence-electron chi connectivity index (χ4n) is 1.61. The second kappa shape index (κ2) is 6.96. The van der Waals surface area contributed by atoms with Crippen molar-refractivity contribution in [2.75, 3.05) is 5.32 Å². The smallest absolute Gasteiger partial charge is 0.416 e. The zero-order chi connectivity index (χ0) is 16.0. The van der Waals surface area contributed by atoms with Gasteiger partial charge in [-0.05, 0) is 30.7 Å². The standard InChI is InChI=1S/C13H15F3N2O3/c1-2-3-10(11(19)20)18-12(21)17-9-6-4-8(5-7-9)13(14,15)16/h4-7,10H,2-3H2,1H3,(H,19,20)(H2,17,18,21)/t10-/m0/s1. The van der Waals surface area contributed by atoms with Gasteiger partial charge in [0.2, 0.25) is 0 Å². The van der Waals surface area contributed by atoms with E-state index in [9.17, 15) is 22.8 Å². The van der Waals surface area contributed by atoms with Crippen LogP contribution < -0.4 is 10.6 Å². The lowest BCUT2D eigenvalue weighted by Crippen LogP contribution is -2.42. The van der Waals surface area contributed by atoms with E-state index in [0.29, 0.717) is 6.42 Å². The van der Waals surface area contributed by atoms with E-state index in [-0.39, 0.29) is 12.1 Å². The Balaban J connectivity index is 2.64. The van der Waals surface area contributed by atoms with Crippen molar-refractivity contribution in [3.63, 3.8) is 0 Å². The molecule has 21 heavy (non-hydrogen) atoms. The molecule has 0 fully saturated rings. The Labute approximate surface area is 119 Å². The van der Waals surface area contributed by atoms with Crippen molar-refractivity contribution in [1.29, 1.82) is 0 Å². The van der Waals surface area contributed by atoms with Crippen molar-refractivity contribution >= 4 is 17.7 Å². The summed E-state index contributed by atoms with van der Waals surface area (Å²) >= 11 is 0. The topological polar surface area (TPSA) is 78.4 Å². The van der Waals surface area contributed by atoms with Crippen LogP contribution in [-0.2, 0) is 11.0 Å². The first-order valence-corrected chi connectivity index (χ1v) is 6.21. The molecule has 0 aliphatic heterocycles. The van der Waals surface area contributed by atoms with Gasteiger partial charge >= 0.3 is 18.2 Å². The fraction of sp³-hybridized carbons (Fsp3) is 0.385. The maximum atomic E-state index is 12.4. The van der Waals surface area contributed by atoms with Crippen LogP contribution in [0.3, 0.4) is 0 Å². The van der Waals surface area contributed by atoms with Crippen LogP contribution in [0.15, 0.2) is 24.3 Å². The molecular formula is C13H15F3N2O3. The maximum absolute atomic E-state index is 12.4. The largest absolute Gasteiger partial charge is 0.480 e. The molecule has 0 heterocycles. The van der Waals surface area contributed by atoms with Crippen LogP contribution in [-0.4, -0.2) is 23.1 Å². The van der Waals surface area contributed by atoms with Crippen molar-refractivity contribution in [3.05, 3.63) is 29.8 Å². The summed E-state index contributed by atoms with van der Waals surface area (Å²) in [5.41, 5.74) is -0.691. The molecule has 0 saturated heterocycles. The third-order valence-electron chi connectivity index (χ3n) is 2.65. The van der Waals surface area contributed by atoms with Gasteiger partial charge in [-0.3, -0.25) is 0 Å². The number of nitrogens with one attached hydrogen (secondary N) is 2. The van der Waals surface area contributed by atoms with Crippen LogP contribution in [0.5, 0.6) is 0 Å². The molecule has 5 nitrogen and oxygen atoms in total. The number of carboxylic acids is 1. The number of carbonyl (C=O) groups is 2. The van der Waals surface area contributed by atoms with Crippen LogP contribution in [0.25, 0.3) is 0 Å². The quantitative estimate of drug-likeness (QED) is 0.782. The Bertz CT molecular complexity index is 500. The third-order valence-corrected chi connectivity index (χ3v) is 2.65. The first-order chi connectivity index (χ1) is 9.74. The lowest BCUT2D eigenvalue weighted by atomic mass is 10.2. The van der Waals surface area contributed by atoms with Gasteiger partial charge in [0.25, 0.3) is 0 Å². The predicted octanol–water partition coefficient (Wildman–Crippen LogP) is 3.08. The highest BCUT2D eigenvalue weighted by Crippen LogP contribution is 2.29. The molecule has 1 atom stereocenters. The van der Waals surface area contributed by atoms with E-state index in [0.717, 1.165) is 24.3 Å². The van der Waals surface area contributed by atoms with E-state index in [4.69, 9.17) is 5.11 Å². The van der Waals surface area contributed by atoms with E-state index < -0.39 is 29.8 Å². The van der Waals surface area contributed by atoms with Gasteiger partial charge in [-0.15, -0.1) is 0 Å². The number of rotatable bonds is 5. The van der Waals surface area contributed by atoms with Gasteiger partial charge in [-0.1, -0.05) is 13.3 Å². The van der Waals surface area contributed by atoms with Crippen LogP contribution >= 0.6 is 0 Å². The molecule has 1 rings (SSSR count). The molecule has 8 heteroatoms. The van der Waals surface area contributed by atoms with Gasteiger partial charge < -0.3 is 15.7 Å². The maximum Gasteiger partial charge on any atom is 0.416 e. The average molecular weight is 304 g/mol. The molecule has 1 aromatic carbocycles. The number of amides is 2. The Morgan fingerprint density at radius 2 is 1.81 bits per heavy atom. The molecule has 0 radical (unpaired) electrons. The van der Waals surface area contributed by atoms with Crippen LogP contribution in [0.1, 0.15) is 25.3 Å². The van der Waals surface area contributed by atoms with E-state index in [2.05, 4.69) is 10.6 Å². The number of alkyl halides is 3. The van der Waals surface area contributed by atoms with E-state index in [1.807, 2.05) is 0 Å². The number of carbonyl (C=O) groups excluding carboxylic acids is 1. The van der Waals surface area contributed by atoms with Gasteiger partial charge in [-0.25, -0.2) is 9.59 Å². The Kier molecular flexibility index (Phi) is 5.57. The summed E-state index contributed by atoms with van der Waals surface area (Å²) in [6, 6.07) is 2.03. The highest BCUT2D eigenvalue weighted by Gasteiger charge is 2.30. The second-order valence-corrected chi connectivity index (χ2v) is 4.35. The first kappa shape index (κ1) is 16.8. The molecule has 1 aromatic rings. The second-order valence-electron chi connectivity index (χ2n) is 4.35. The lowest BCUT2D eigenvalue weighted by Gasteiger charge is -2.14. The number of urea groups is 1. The molecule has 0 aromatic heterocycles. The van der Waals surface area contributed by atoms with E-state index >= 15 is 0 Å². The van der Waals surface area contributed by atoms with Crippen LogP contribution in [0.2, 0.25) is 0 Å². The Morgan fingerprint density at radius 3 is 2.24 bits per heavy atom. The fourth-order valence-corrected chi connectivity index (χ4v) is 1.61. The van der Waals surface area contributed by atoms with Gasteiger partial charge in [0.1, 0.15) is 6.04 Å². The average Bonchev–Trinajstić information content (AvgIpc) is 2.37. The van der Waals surface area contributed by atoms with Crippen LogP contribution in [0.4, 0.5) is 23.7 Å². The number of hydrogen-bond acceptors (Lipinski definition) is 2. The number of aliphatic carboxylic acids is 1. The SMILES string of the molecule is CCC[C@H](NC(=O)Nc1ccc(C(F)(F)F)cc1)C(=O)O. The summed E-state index contributed by atoms with van der Waals surface area (Å²) in [5, 5.41) is 13.4. The number of hydrogen-bond donors (Lipinski definition) is 3. The summed E-state index contributed by atoms with van der Waals surface area (Å²) < 4.78 is 37.1. The van der Waals surface area contributed by atoms with Crippen molar-refractivity contribution in [3.8, 4) is 0 Å². The predicted molar refractivity (Wildman–Crippen MR) is 69.9 cm³/mol. The molecule has 2 amide bonds. The Morgan fingerprint density at radius 1 is 1.24 bits per heavy atom. The molecule has 0 saturated carbocycles.